The van der Waals surface area contributed by atoms with Gasteiger partial charge in [0, 0.05) is 19.8 Å². The molecule has 0 saturated heterocycles. The molecule has 7 heteroatoms. The number of hydrogen-bond donors (Lipinski definition) is 1. The maximum Gasteiger partial charge on any atom is 0.242 e. The molecule has 0 aliphatic heterocycles. The van der Waals surface area contributed by atoms with Gasteiger partial charge in [0.15, 0.2) is 0 Å². The molecule has 5 nitrogen and oxygen atoms in total. The Labute approximate surface area is 128 Å². The second-order valence-electron chi connectivity index (χ2n) is 5.19. The van der Waals surface area contributed by atoms with E-state index in [1.165, 1.54) is 20.2 Å². The number of nitrogens with one attached hydrogen (secondary N) is 1. The van der Waals surface area contributed by atoms with Crippen LogP contribution in [0.4, 0.5) is 5.69 Å². The molecule has 112 valence electrons. The molecule has 1 N–H and O–H groups in total. The zero-order valence-electron chi connectivity index (χ0n) is 12.2. The summed E-state index contributed by atoms with van der Waals surface area (Å²) in [6.45, 7) is 5.15. The number of halogens is 1. The van der Waals surface area contributed by atoms with Crippen molar-refractivity contribution >= 4 is 37.5 Å². The Bertz CT molecular complexity index is 619. The fraction of sp³-hybridized carbons (Fsp3) is 0.462. The number of benzene rings is 1. The van der Waals surface area contributed by atoms with E-state index in [0.29, 0.717) is 11.3 Å². The number of carbonyl (C=O) groups excluding carboxylic acids is 1. The lowest BCUT2D eigenvalue weighted by Gasteiger charge is -2.18. The molecule has 0 bridgehead atoms. The summed E-state index contributed by atoms with van der Waals surface area (Å²) >= 11 is 3.26. The maximum absolute atomic E-state index is 12.2. The average Bonchev–Trinajstić information content (AvgIpc) is 2.29. The van der Waals surface area contributed by atoms with Crippen LogP contribution in [-0.4, -0.2) is 37.0 Å². The van der Waals surface area contributed by atoms with Crippen LogP contribution in [0.25, 0.3) is 0 Å². The first-order chi connectivity index (χ1) is 8.96. The zero-order chi connectivity index (χ0) is 15.7. The van der Waals surface area contributed by atoms with Crippen molar-refractivity contribution in [1.29, 1.82) is 0 Å². The molecule has 0 unspecified atom stereocenters. The number of anilines is 1. The smallest absolute Gasteiger partial charge is 0.242 e. The SMILES string of the molecule is Cc1ccc(NC(=O)C(C)(C)Br)cc1S(=O)(=O)N(C)C. The number of sulfonamides is 1. The molecule has 0 radical (unpaired) electrons. The maximum atomic E-state index is 12.2. The monoisotopic (exact) mass is 362 g/mol. The first-order valence-electron chi connectivity index (χ1n) is 6.00. The van der Waals surface area contributed by atoms with E-state index in [4.69, 9.17) is 0 Å². The Morgan fingerprint density at radius 2 is 1.85 bits per heavy atom. The summed E-state index contributed by atoms with van der Waals surface area (Å²) in [6, 6.07) is 4.83. The summed E-state index contributed by atoms with van der Waals surface area (Å²) in [5.41, 5.74) is 1.09. The van der Waals surface area contributed by atoms with Crippen molar-refractivity contribution in [2.75, 3.05) is 19.4 Å². The second-order valence-corrected chi connectivity index (χ2v) is 9.30. The van der Waals surface area contributed by atoms with E-state index in [0.717, 1.165) is 4.31 Å². The normalized spacial score (nSPS) is 12.6. The minimum Gasteiger partial charge on any atom is -0.325 e. The number of nitrogens with zero attached hydrogens (tertiary/aromatic N) is 1. The molecule has 0 aliphatic rings. The number of carbonyl (C=O) groups is 1. The van der Waals surface area contributed by atoms with Crippen LogP contribution in [0.1, 0.15) is 19.4 Å². The second kappa shape index (κ2) is 5.83. The molecular formula is C13H19BrN2O3S. The summed E-state index contributed by atoms with van der Waals surface area (Å²) in [6.07, 6.45) is 0. The van der Waals surface area contributed by atoms with Gasteiger partial charge in [0.1, 0.15) is 0 Å². The van der Waals surface area contributed by atoms with Gasteiger partial charge in [-0.3, -0.25) is 4.79 Å². The molecule has 20 heavy (non-hydrogen) atoms. The lowest BCUT2D eigenvalue weighted by Crippen LogP contribution is -2.31. The Balaban J connectivity index is 3.20. The minimum atomic E-state index is -3.53. The van der Waals surface area contributed by atoms with Crippen molar-refractivity contribution in [2.45, 2.75) is 30.0 Å². The van der Waals surface area contributed by atoms with Gasteiger partial charge in [-0.2, -0.15) is 0 Å². The fourth-order valence-electron chi connectivity index (χ4n) is 1.43. The van der Waals surface area contributed by atoms with Crippen LogP contribution in [0.3, 0.4) is 0 Å². The topological polar surface area (TPSA) is 66.5 Å². The van der Waals surface area contributed by atoms with Crippen molar-refractivity contribution in [3.63, 3.8) is 0 Å². The van der Waals surface area contributed by atoms with E-state index in [9.17, 15) is 13.2 Å². The Hall–Kier alpha value is -0.920. The van der Waals surface area contributed by atoms with Crippen molar-refractivity contribution in [1.82, 2.24) is 4.31 Å². The highest BCUT2D eigenvalue weighted by molar-refractivity contribution is 9.10. The van der Waals surface area contributed by atoms with E-state index in [1.54, 1.807) is 32.9 Å². The van der Waals surface area contributed by atoms with Gasteiger partial charge < -0.3 is 5.32 Å². The molecule has 0 spiro atoms. The third kappa shape index (κ3) is 3.80. The largest absolute Gasteiger partial charge is 0.325 e. The van der Waals surface area contributed by atoms with Crippen LogP contribution in [0, 0.1) is 6.92 Å². The van der Waals surface area contributed by atoms with Crippen LogP contribution in [0.2, 0.25) is 0 Å². The first kappa shape index (κ1) is 17.1. The summed E-state index contributed by atoms with van der Waals surface area (Å²) in [7, 11) is -0.583. The Morgan fingerprint density at radius 3 is 2.30 bits per heavy atom. The lowest BCUT2D eigenvalue weighted by atomic mass is 10.2. The van der Waals surface area contributed by atoms with Crippen LogP contribution in [0.15, 0.2) is 23.1 Å². The zero-order valence-corrected chi connectivity index (χ0v) is 14.6. The van der Waals surface area contributed by atoms with E-state index in [2.05, 4.69) is 21.2 Å². The highest BCUT2D eigenvalue weighted by Gasteiger charge is 2.25. The number of amides is 1. The number of aryl methyl sites for hydroxylation is 1. The third-order valence-electron chi connectivity index (χ3n) is 2.74. The molecule has 1 aromatic rings. The molecule has 0 aliphatic carbocycles. The van der Waals surface area contributed by atoms with Crippen LogP contribution >= 0.6 is 15.9 Å². The lowest BCUT2D eigenvalue weighted by molar-refractivity contribution is -0.117. The molecule has 0 atom stereocenters. The van der Waals surface area contributed by atoms with Gasteiger partial charge in [-0.15, -0.1) is 0 Å². The summed E-state index contributed by atoms with van der Waals surface area (Å²) in [4.78, 5) is 12.1. The molecule has 1 amide bonds. The van der Waals surface area contributed by atoms with Gasteiger partial charge in [0.25, 0.3) is 0 Å². The molecule has 0 aromatic heterocycles. The quantitative estimate of drug-likeness (QED) is 0.836. The molecule has 0 heterocycles. The van der Waals surface area contributed by atoms with Gasteiger partial charge in [0.05, 0.1) is 9.22 Å². The van der Waals surface area contributed by atoms with Crippen molar-refractivity contribution in [3.8, 4) is 0 Å². The molecule has 1 aromatic carbocycles. The van der Waals surface area contributed by atoms with Gasteiger partial charge in [0.2, 0.25) is 15.9 Å². The van der Waals surface area contributed by atoms with Gasteiger partial charge in [-0.05, 0) is 38.5 Å². The Morgan fingerprint density at radius 1 is 1.30 bits per heavy atom. The summed E-state index contributed by atoms with van der Waals surface area (Å²) in [5.74, 6) is -0.241. The third-order valence-corrected chi connectivity index (χ3v) is 5.06. The molecule has 0 saturated carbocycles. The highest BCUT2D eigenvalue weighted by Crippen LogP contribution is 2.24. The minimum absolute atomic E-state index is 0.188. The van der Waals surface area contributed by atoms with Crippen LogP contribution in [-0.2, 0) is 14.8 Å². The molecule has 0 fully saturated rings. The van der Waals surface area contributed by atoms with E-state index < -0.39 is 14.3 Å². The summed E-state index contributed by atoms with van der Waals surface area (Å²) < 4.78 is 24.8. The van der Waals surface area contributed by atoms with Crippen molar-refractivity contribution in [2.24, 2.45) is 0 Å². The van der Waals surface area contributed by atoms with E-state index in [-0.39, 0.29) is 10.8 Å². The molecule has 1 rings (SSSR count). The van der Waals surface area contributed by atoms with Crippen LogP contribution in [0.5, 0.6) is 0 Å². The predicted molar refractivity (Wildman–Crippen MR) is 83.7 cm³/mol. The Kier molecular flexibility index (Phi) is 4.99. The number of alkyl halides is 1. The van der Waals surface area contributed by atoms with E-state index >= 15 is 0 Å². The van der Waals surface area contributed by atoms with Gasteiger partial charge in [-0.25, -0.2) is 12.7 Å². The van der Waals surface area contributed by atoms with Gasteiger partial charge in [-0.1, -0.05) is 22.0 Å². The van der Waals surface area contributed by atoms with Crippen molar-refractivity contribution in [3.05, 3.63) is 23.8 Å². The molecular weight excluding hydrogens is 344 g/mol. The summed E-state index contributed by atoms with van der Waals surface area (Å²) in [5, 5.41) is 2.69. The van der Waals surface area contributed by atoms with Gasteiger partial charge >= 0.3 is 0 Å². The standard InChI is InChI=1S/C13H19BrN2O3S/c1-9-6-7-10(15-12(17)13(2,3)14)8-11(9)20(18,19)16(4)5/h6-8H,1-5H3,(H,15,17). The number of hydrogen-bond acceptors (Lipinski definition) is 3. The van der Waals surface area contributed by atoms with Crippen LogP contribution < -0.4 is 5.32 Å². The van der Waals surface area contributed by atoms with E-state index in [1.807, 2.05) is 0 Å². The van der Waals surface area contributed by atoms with Crippen molar-refractivity contribution < 1.29 is 13.2 Å². The predicted octanol–water partition coefficient (Wildman–Crippen LogP) is 2.36. The highest BCUT2D eigenvalue weighted by atomic mass is 79.9. The fourth-order valence-corrected chi connectivity index (χ4v) is 2.68. The number of rotatable bonds is 4. The first-order valence-corrected chi connectivity index (χ1v) is 8.23. The average molecular weight is 363 g/mol.